The van der Waals surface area contributed by atoms with Crippen LogP contribution in [0.25, 0.3) is 0 Å². The zero-order valence-corrected chi connectivity index (χ0v) is 13.0. The van der Waals surface area contributed by atoms with Crippen LogP contribution in [0.1, 0.15) is 66.2 Å². The second-order valence-corrected chi connectivity index (χ2v) is 6.86. The van der Waals surface area contributed by atoms with E-state index in [9.17, 15) is 4.79 Å². The molecule has 1 saturated carbocycles. The van der Waals surface area contributed by atoms with Crippen molar-refractivity contribution in [1.82, 2.24) is 10.2 Å². The zero-order chi connectivity index (χ0) is 14.0. The molecule has 2 fully saturated rings. The molecule has 19 heavy (non-hydrogen) atoms. The van der Waals surface area contributed by atoms with E-state index in [4.69, 9.17) is 0 Å². The summed E-state index contributed by atoms with van der Waals surface area (Å²) in [7, 11) is 0. The van der Waals surface area contributed by atoms with Gasteiger partial charge in [0.1, 0.15) is 0 Å². The van der Waals surface area contributed by atoms with E-state index in [1.54, 1.807) is 0 Å². The first-order valence-electron chi connectivity index (χ1n) is 8.12. The first-order chi connectivity index (χ1) is 9.04. The second kappa shape index (κ2) is 6.25. The first kappa shape index (κ1) is 14.8. The molecule has 3 nitrogen and oxygen atoms in total. The lowest BCUT2D eigenvalue weighted by Crippen LogP contribution is -2.46. The van der Waals surface area contributed by atoms with Gasteiger partial charge in [-0.05, 0) is 31.1 Å². The highest BCUT2D eigenvalue weighted by Crippen LogP contribution is 2.32. The van der Waals surface area contributed by atoms with Crippen molar-refractivity contribution in [2.24, 2.45) is 11.8 Å². The maximum Gasteiger partial charge on any atom is 0.241 e. The van der Waals surface area contributed by atoms with Crippen molar-refractivity contribution in [3.8, 4) is 0 Å². The number of nitrogens with zero attached hydrogens (tertiary/aromatic N) is 1. The topological polar surface area (TPSA) is 32.3 Å². The van der Waals surface area contributed by atoms with Crippen LogP contribution in [-0.4, -0.2) is 29.1 Å². The molecule has 3 heteroatoms. The molecule has 1 N–H and O–H groups in total. The Morgan fingerprint density at radius 2 is 2.11 bits per heavy atom. The predicted octanol–water partition coefficient (Wildman–Crippen LogP) is 3.15. The Hall–Kier alpha value is -0.570. The lowest BCUT2D eigenvalue weighted by atomic mass is 9.86. The Balaban J connectivity index is 2.12. The number of nitrogens with one attached hydrogen (secondary N) is 1. The van der Waals surface area contributed by atoms with Gasteiger partial charge in [0.2, 0.25) is 5.91 Å². The molecule has 1 aliphatic heterocycles. The molecule has 0 aromatic heterocycles. The van der Waals surface area contributed by atoms with E-state index >= 15 is 0 Å². The fourth-order valence-electron chi connectivity index (χ4n) is 3.74. The fourth-order valence-corrected chi connectivity index (χ4v) is 3.74. The van der Waals surface area contributed by atoms with Crippen LogP contribution in [0.5, 0.6) is 0 Å². The van der Waals surface area contributed by atoms with Crippen LogP contribution in [0.4, 0.5) is 0 Å². The van der Waals surface area contributed by atoms with Crippen LogP contribution in [-0.2, 0) is 4.79 Å². The zero-order valence-electron chi connectivity index (χ0n) is 13.0. The van der Waals surface area contributed by atoms with Crippen molar-refractivity contribution in [1.29, 1.82) is 0 Å². The van der Waals surface area contributed by atoms with Gasteiger partial charge in [-0.25, -0.2) is 0 Å². The van der Waals surface area contributed by atoms with E-state index in [-0.39, 0.29) is 12.2 Å². The van der Waals surface area contributed by atoms with Crippen molar-refractivity contribution in [3.05, 3.63) is 0 Å². The molecule has 0 bridgehead atoms. The van der Waals surface area contributed by atoms with E-state index in [2.05, 4.69) is 37.9 Å². The summed E-state index contributed by atoms with van der Waals surface area (Å²) in [5.74, 6) is 1.51. The molecule has 4 atom stereocenters. The molecule has 1 saturated heterocycles. The Kier molecular flexibility index (Phi) is 4.88. The summed E-state index contributed by atoms with van der Waals surface area (Å²) in [6, 6.07) is 0.512. The summed E-state index contributed by atoms with van der Waals surface area (Å²) in [6.45, 7) is 8.82. The van der Waals surface area contributed by atoms with Gasteiger partial charge in [0, 0.05) is 6.04 Å². The molecule has 4 unspecified atom stereocenters. The average molecular weight is 266 g/mol. The molecule has 1 amide bonds. The van der Waals surface area contributed by atoms with Crippen molar-refractivity contribution >= 4 is 5.91 Å². The van der Waals surface area contributed by atoms with Crippen molar-refractivity contribution in [2.75, 3.05) is 0 Å². The van der Waals surface area contributed by atoms with Crippen molar-refractivity contribution in [3.63, 3.8) is 0 Å². The smallest absolute Gasteiger partial charge is 0.241 e. The van der Waals surface area contributed by atoms with E-state index in [1.165, 1.54) is 25.7 Å². The Labute approximate surface area is 118 Å². The molecule has 0 radical (unpaired) electrons. The third-order valence-electron chi connectivity index (χ3n) is 4.76. The lowest BCUT2D eigenvalue weighted by Gasteiger charge is -2.37. The Morgan fingerprint density at radius 1 is 1.37 bits per heavy atom. The first-order valence-corrected chi connectivity index (χ1v) is 8.12. The highest BCUT2D eigenvalue weighted by Gasteiger charge is 2.43. The van der Waals surface area contributed by atoms with E-state index in [1.807, 2.05) is 0 Å². The van der Waals surface area contributed by atoms with Gasteiger partial charge in [0.25, 0.3) is 0 Å². The monoisotopic (exact) mass is 266 g/mol. The van der Waals surface area contributed by atoms with E-state index in [0.29, 0.717) is 17.9 Å². The van der Waals surface area contributed by atoms with Gasteiger partial charge in [-0.3, -0.25) is 10.1 Å². The van der Waals surface area contributed by atoms with Crippen molar-refractivity contribution in [2.45, 2.75) is 84.5 Å². The molecule has 1 heterocycles. The number of amides is 1. The predicted molar refractivity (Wildman–Crippen MR) is 78.7 cm³/mol. The SMILES string of the molecule is CCCC1NC(C(C)C)C(=O)N1C1CCCC(C)C1. The van der Waals surface area contributed by atoms with Crippen molar-refractivity contribution < 1.29 is 4.79 Å². The van der Waals surface area contributed by atoms with Gasteiger partial charge >= 0.3 is 0 Å². The normalized spacial score (nSPS) is 36.3. The summed E-state index contributed by atoms with van der Waals surface area (Å²) in [4.78, 5) is 14.9. The minimum absolute atomic E-state index is 0.0359. The molecule has 1 aliphatic carbocycles. The van der Waals surface area contributed by atoms with E-state index in [0.717, 1.165) is 18.8 Å². The van der Waals surface area contributed by atoms with E-state index < -0.39 is 0 Å². The highest BCUT2D eigenvalue weighted by atomic mass is 16.2. The molecule has 2 rings (SSSR count). The molecule has 0 aromatic carbocycles. The number of hydrogen-bond acceptors (Lipinski definition) is 2. The van der Waals surface area contributed by atoms with Gasteiger partial charge in [-0.2, -0.15) is 0 Å². The molecular formula is C16H30N2O. The number of rotatable bonds is 4. The maximum absolute atomic E-state index is 12.7. The summed E-state index contributed by atoms with van der Waals surface area (Å²) in [5.41, 5.74) is 0. The van der Waals surface area contributed by atoms with Crippen LogP contribution < -0.4 is 5.32 Å². The highest BCUT2D eigenvalue weighted by molar-refractivity contribution is 5.85. The fraction of sp³-hybridized carbons (Fsp3) is 0.938. The molecular weight excluding hydrogens is 236 g/mol. The van der Waals surface area contributed by atoms with Crippen LogP contribution in [0.2, 0.25) is 0 Å². The van der Waals surface area contributed by atoms with Crippen LogP contribution >= 0.6 is 0 Å². The number of carbonyl (C=O) groups is 1. The molecule has 0 aromatic rings. The lowest BCUT2D eigenvalue weighted by molar-refractivity contribution is -0.134. The number of hydrogen-bond donors (Lipinski definition) is 1. The molecule has 2 aliphatic rings. The largest absolute Gasteiger partial charge is 0.323 e. The standard InChI is InChI=1S/C16H30N2O/c1-5-7-14-17-15(11(2)3)16(19)18(14)13-9-6-8-12(4)10-13/h11-15,17H,5-10H2,1-4H3. The van der Waals surface area contributed by atoms with Crippen LogP contribution in [0.15, 0.2) is 0 Å². The number of carbonyl (C=O) groups excluding carboxylic acids is 1. The van der Waals surface area contributed by atoms with Crippen LogP contribution in [0.3, 0.4) is 0 Å². The van der Waals surface area contributed by atoms with Gasteiger partial charge in [-0.15, -0.1) is 0 Å². The molecule has 110 valence electrons. The van der Waals surface area contributed by atoms with Gasteiger partial charge in [0.05, 0.1) is 12.2 Å². The van der Waals surface area contributed by atoms with Gasteiger partial charge in [0.15, 0.2) is 0 Å². The average Bonchev–Trinajstić information content (AvgIpc) is 2.67. The summed E-state index contributed by atoms with van der Waals surface area (Å²) < 4.78 is 0. The van der Waals surface area contributed by atoms with Crippen LogP contribution in [0, 0.1) is 11.8 Å². The summed E-state index contributed by atoms with van der Waals surface area (Å²) >= 11 is 0. The quantitative estimate of drug-likeness (QED) is 0.848. The third-order valence-corrected chi connectivity index (χ3v) is 4.76. The van der Waals surface area contributed by atoms with Gasteiger partial charge in [-0.1, -0.05) is 47.0 Å². The summed E-state index contributed by atoms with van der Waals surface area (Å²) in [6.07, 6.45) is 7.49. The minimum Gasteiger partial charge on any atom is -0.323 e. The van der Waals surface area contributed by atoms with Gasteiger partial charge < -0.3 is 4.90 Å². The molecule has 0 spiro atoms. The second-order valence-electron chi connectivity index (χ2n) is 6.86. The Morgan fingerprint density at radius 3 is 2.68 bits per heavy atom. The third kappa shape index (κ3) is 3.13. The minimum atomic E-state index is 0.0359. The maximum atomic E-state index is 12.7. The summed E-state index contributed by atoms with van der Waals surface area (Å²) in [5, 5.41) is 3.58. The Bertz CT molecular complexity index is 316.